The Kier molecular flexibility index (Phi) is 9.81. The lowest BCUT2D eigenvalue weighted by Crippen LogP contribution is -2.49. The number of aromatic nitrogens is 3. The van der Waals surface area contributed by atoms with Crippen molar-refractivity contribution in [1.82, 2.24) is 24.8 Å². The standard InChI is InChI=1S/C28H27F3N6O5S/c1-2-42-22-17-20(18-32-19-22)7-8-21-5-3-4-6-23(21)27(39)37-14-12-36(13-15-37)25-10-9-24(33-34-25)26(38)35-43(40,41)16-11-28(29,30)31/h3-6,9-10,17-19H,2,11-16H2,1H3,(H,35,38). The van der Waals surface area contributed by atoms with Crippen LogP contribution in [0.5, 0.6) is 5.75 Å². The van der Waals surface area contributed by atoms with Gasteiger partial charge in [-0.15, -0.1) is 10.2 Å². The van der Waals surface area contributed by atoms with Crippen LogP contribution >= 0.6 is 0 Å². The van der Waals surface area contributed by atoms with Crippen molar-refractivity contribution in [1.29, 1.82) is 0 Å². The van der Waals surface area contributed by atoms with Crippen LogP contribution in [0.15, 0.2) is 54.9 Å². The molecule has 1 aliphatic rings. The van der Waals surface area contributed by atoms with Crippen LogP contribution in [0, 0.1) is 11.8 Å². The van der Waals surface area contributed by atoms with Gasteiger partial charge in [-0.2, -0.15) is 13.2 Å². The van der Waals surface area contributed by atoms with Crippen LogP contribution in [0.3, 0.4) is 0 Å². The molecule has 0 radical (unpaired) electrons. The molecule has 1 aliphatic heterocycles. The Hall–Kier alpha value is -4.71. The van der Waals surface area contributed by atoms with Gasteiger partial charge in [-0.3, -0.25) is 14.6 Å². The molecule has 1 fully saturated rings. The van der Waals surface area contributed by atoms with Crippen LogP contribution in [0.2, 0.25) is 0 Å². The number of hydrogen-bond acceptors (Lipinski definition) is 9. The van der Waals surface area contributed by atoms with E-state index in [2.05, 4.69) is 27.0 Å². The molecule has 2 amide bonds. The fourth-order valence-corrected chi connectivity index (χ4v) is 5.06. The number of benzene rings is 1. The fourth-order valence-electron chi connectivity index (χ4n) is 4.07. The lowest BCUT2D eigenvalue weighted by atomic mass is 10.1. The van der Waals surface area contributed by atoms with Gasteiger partial charge in [-0.1, -0.05) is 24.0 Å². The summed E-state index contributed by atoms with van der Waals surface area (Å²) in [6.45, 7) is 3.91. The third kappa shape index (κ3) is 8.89. The number of sulfonamides is 1. The van der Waals surface area contributed by atoms with Crippen LogP contribution < -0.4 is 14.4 Å². The van der Waals surface area contributed by atoms with E-state index in [9.17, 15) is 31.2 Å². The van der Waals surface area contributed by atoms with Gasteiger partial charge in [0, 0.05) is 43.5 Å². The van der Waals surface area contributed by atoms with Gasteiger partial charge in [0.2, 0.25) is 10.0 Å². The highest BCUT2D eigenvalue weighted by Crippen LogP contribution is 2.20. The summed E-state index contributed by atoms with van der Waals surface area (Å²) in [4.78, 5) is 33.2. The van der Waals surface area contributed by atoms with E-state index >= 15 is 0 Å². The number of rotatable bonds is 8. The molecule has 43 heavy (non-hydrogen) atoms. The van der Waals surface area contributed by atoms with Crippen LogP contribution in [-0.4, -0.2) is 85.0 Å². The zero-order valence-corrected chi connectivity index (χ0v) is 23.8. The number of piperazine rings is 1. The normalized spacial score (nSPS) is 13.6. The Morgan fingerprint density at radius 1 is 1.02 bits per heavy atom. The molecule has 0 atom stereocenters. The van der Waals surface area contributed by atoms with E-state index in [0.717, 1.165) is 0 Å². The predicted octanol–water partition coefficient (Wildman–Crippen LogP) is 2.64. The number of hydrogen-bond donors (Lipinski definition) is 1. The Bertz CT molecular complexity index is 1630. The molecule has 0 unspecified atom stereocenters. The lowest BCUT2D eigenvalue weighted by molar-refractivity contribution is -0.130. The van der Waals surface area contributed by atoms with Gasteiger partial charge < -0.3 is 14.5 Å². The quantitative estimate of drug-likeness (QED) is 0.379. The van der Waals surface area contributed by atoms with E-state index in [4.69, 9.17) is 4.74 Å². The van der Waals surface area contributed by atoms with Gasteiger partial charge >= 0.3 is 6.18 Å². The summed E-state index contributed by atoms with van der Waals surface area (Å²) >= 11 is 0. The predicted molar refractivity (Wildman–Crippen MR) is 150 cm³/mol. The zero-order chi connectivity index (χ0) is 31.0. The molecule has 3 aromatic rings. The van der Waals surface area contributed by atoms with E-state index < -0.39 is 34.3 Å². The summed E-state index contributed by atoms with van der Waals surface area (Å²) in [6.07, 6.45) is -3.06. The summed E-state index contributed by atoms with van der Waals surface area (Å²) in [5.74, 6) is 4.42. The number of carbonyl (C=O) groups excluding carboxylic acids is 2. The number of anilines is 1. The number of nitrogens with one attached hydrogen (secondary N) is 1. The van der Waals surface area contributed by atoms with Crippen molar-refractivity contribution in [3.05, 3.63) is 77.2 Å². The van der Waals surface area contributed by atoms with Crippen LogP contribution in [0.1, 0.15) is 45.3 Å². The van der Waals surface area contributed by atoms with Crippen molar-refractivity contribution in [3.8, 4) is 17.6 Å². The van der Waals surface area contributed by atoms with Crippen molar-refractivity contribution in [2.24, 2.45) is 0 Å². The number of alkyl halides is 3. The molecule has 0 spiro atoms. The van der Waals surface area contributed by atoms with E-state index in [1.54, 1.807) is 52.3 Å². The fraction of sp³-hybridized carbons (Fsp3) is 0.321. The second-order valence-corrected chi connectivity index (χ2v) is 11.2. The summed E-state index contributed by atoms with van der Waals surface area (Å²) in [7, 11) is -4.51. The first-order chi connectivity index (χ1) is 20.4. The van der Waals surface area contributed by atoms with E-state index in [-0.39, 0.29) is 11.6 Å². The van der Waals surface area contributed by atoms with Gasteiger partial charge in [0.1, 0.15) is 5.75 Å². The maximum atomic E-state index is 13.4. The molecule has 15 heteroatoms. The van der Waals surface area contributed by atoms with Gasteiger partial charge in [-0.05, 0) is 37.3 Å². The number of halogens is 3. The monoisotopic (exact) mass is 616 g/mol. The first-order valence-electron chi connectivity index (χ1n) is 13.1. The smallest absolute Gasteiger partial charge is 0.390 e. The number of ether oxygens (including phenoxy) is 1. The maximum absolute atomic E-state index is 13.4. The highest BCUT2D eigenvalue weighted by atomic mass is 32.2. The molecular formula is C28H27F3N6O5S. The topological polar surface area (TPSA) is 135 Å². The molecule has 0 bridgehead atoms. The third-order valence-corrected chi connectivity index (χ3v) is 7.44. The number of carbonyl (C=O) groups is 2. The number of pyridine rings is 1. The largest absolute Gasteiger partial charge is 0.492 e. The van der Waals surface area contributed by atoms with Crippen LogP contribution in [-0.2, 0) is 10.0 Å². The molecule has 1 aromatic carbocycles. The minimum atomic E-state index is -4.68. The van der Waals surface area contributed by atoms with Crippen molar-refractivity contribution >= 4 is 27.7 Å². The number of amides is 2. The summed E-state index contributed by atoms with van der Waals surface area (Å²) in [5, 5.41) is 7.68. The summed E-state index contributed by atoms with van der Waals surface area (Å²) in [6, 6.07) is 11.5. The van der Waals surface area contributed by atoms with Gasteiger partial charge in [0.25, 0.3) is 11.8 Å². The average molecular weight is 617 g/mol. The van der Waals surface area contributed by atoms with E-state index in [1.165, 1.54) is 12.1 Å². The van der Waals surface area contributed by atoms with Crippen molar-refractivity contribution in [2.75, 3.05) is 43.4 Å². The highest BCUT2D eigenvalue weighted by Gasteiger charge is 2.31. The van der Waals surface area contributed by atoms with Crippen molar-refractivity contribution in [2.45, 2.75) is 19.5 Å². The Balaban J connectivity index is 1.36. The molecule has 1 N–H and O–H groups in total. The van der Waals surface area contributed by atoms with E-state index in [0.29, 0.717) is 61.0 Å². The van der Waals surface area contributed by atoms with Gasteiger partial charge in [0.15, 0.2) is 11.5 Å². The second-order valence-electron chi connectivity index (χ2n) is 9.31. The minimum Gasteiger partial charge on any atom is -0.492 e. The van der Waals surface area contributed by atoms with Gasteiger partial charge in [0.05, 0.1) is 30.5 Å². The average Bonchev–Trinajstić information content (AvgIpc) is 2.99. The zero-order valence-electron chi connectivity index (χ0n) is 23.0. The molecule has 2 aromatic heterocycles. The Labute approximate surface area is 246 Å². The molecule has 0 aliphatic carbocycles. The molecule has 226 valence electrons. The van der Waals surface area contributed by atoms with Crippen LogP contribution in [0.25, 0.3) is 0 Å². The molecule has 4 rings (SSSR count). The second kappa shape index (κ2) is 13.5. The SMILES string of the molecule is CCOc1cncc(C#Cc2ccccc2C(=O)N2CCN(c3ccc(C(=O)NS(=O)(=O)CCC(F)(F)F)nn3)CC2)c1. The summed E-state index contributed by atoms with van der Waals surface area (Å²) in [5.41, 5.74) is 1.30. The molecule has 0 saturated carbocycles. The lowest BCUT2D eigenvalue weighted by Gasteiger charge is -2.35. The molecule has 1 saturated heterocycles. The Morgan fingerprint density at radius 2 is 1.77 bits per heavy atom. The van der Waals surface area contributed by atoms with E-state index in [1.807, 2.05) is 11.8 Å². The van der Waals surface area contributed by atoms with Crippen molar-refractivity contribution < 1.29 is 35.9 Å². The maximum Gasteiger partial charge on any atom is 0.390 e. The Morgan fingerprint density at radius 3 is 2.44 bits per heavy atom. The first-order valence-corrected chi connectivity index (χ1v) is 14.8. The minimum absolute atomic E-state index is 0.185. The highest BCUT2D eigenvalue weighted by molar-refractivity contribution is 7.90. The van der Waals surface area contributed by atoms with Crippen molar-refractivity contribution in [3.63, 3.8) is 0 Å². The summed E-state index contributed by atoms with van der Waals surface area (Å²) < 4.78 is 67.6. The molecule has 11 nitrogen and oxygen atoms in total. The van der Waals surface area contributed by atoms with Crippen LogP contribution in [0.4, 0.5) is 19.0 Å². The van der Waals surface area contributed by atoms with Gasteiger partial charge in [-0.25, -0.2) is 13.1 Å². The third-order valence-electron chi connectivity index (χ3n) is 6.20. The molecular weight excluding hydrogens is 589 g/mol. The first kappa shape index (κ1) is 31.2. The number of nitrogens with zero attached hydrogens (tertiary/aromatic N) is 5. The molecule has 3 heterocycles.